The van der Waals surface area contributed by atoms with Crippen molar-refractivity contribution in [1.82, 2.24) is 13.4 Å². The Morgan fingerprint density at radius 2 is 1.66 bits per heavy atom. The molecule has 3 aromatic rings. The quantitative estimate of drug-likeness (QED) is 0.547. The zero-order chi connectivity index (χ0) is 21.3. The maximum absolute atomic E-state index is 12.9. The first kappa shape index (κ1) is 20.8. The molecule has 0 radical (unpaired) electrons. The van der Waals surface area contributed by atoms with Crippen LogP contribution in [0.15, 0.2) is 52.2 Å². The van der Waals surface area contributed by atoms with Gasteiger partial charge in [-0.25, -0.2) is 13.2 Å². The van der Waals surface area contributed by atoms with Crippen LogP contribution < -0.4 is 10.4 Å². The van der Waals surface area contributed by atoms with E-state index in [0.717, 1.165) is 4.31 Å². The van der Waals surface area contributed by atoms with Crippen LogP contribution in [0.2, 0.25) is 0 Å². The number of carbonyl (C=O) groups excluding carboxylic acids is 1. The van der Waals surface area contributed by atoms with Crippen molar-refractivity contribution in [2.24, 2.45) is 14.1 Å². The van der Waals surface area contributed by atoms with E-state index < -0.39 is 10.0 Å². The first-order valence-electron chi connectivity index (χ1n) is 9.04. The highest BCUT2D eigenvalue weighted by molar-refractivity contribution is 7.89. The van der Waals surface area contributed by atoms with Gasteiger partial charge in [0, 0.05) is 26.7 Å². The molecule has 0 aliphatic heterocycles. The second kappa shape index (κ2) is 7.84. The predicted molar refractivity (Wildman–Crippen MR) is 110 cm³/mol. The summed E-state index contributed by atoms with van der Waals surface area (Å²) in [5, 5.41) is 0. The second-order valence-electron chi connectivity index (χ2n) is 6.69. The molecule has 0 saturated heterocycles. The minimum Gasteiger partial charge on any atom is -0.494 e. The first-order valence-corrected chi connectivity index (χ1v) is 10.5. The molecular formula is C20H23N3O5S. The third-order valence-electron chi connectivity index (χ3n) is 4.81. The van der Waals surface area contributed by atoms with E-state index >= 15 is 0 Å². The molecule has 0 aliphatic rings. The molecular weight excluding hydrogens is 394 g/mol. The SMILES string of the molecule is CCOc1ccc(C(=O)CN(C)S(=O)(=O)c2ccc3c(c2)n(C)c(=O)n3C)cc1. The third kappa shape index (κ3) is 3.83. The summed E-state index contributed by atoms with van der Waals surface area (Å²) in [6, 6.07) is 11.0. The van der Waals surface area contributed by atoms with Crippen LogP contribution in [-0.4, -0.2) is 47.8 Å². The summed E-state index contributed by atoms with van der Waals surface area (Å²) in [4.78, 5) is 24.6. The molecule has 0 unspecified atom stereocenters. The lowest BCUT2D eigenvalue weighted by Crippen LogP contribution is -2.32. The highest BCUT2D eigenvalue weighted by Crippen LogP contribution is 2.21. The Morgan fingerprint density at radius 3 is 2.28 bits per heavy atom. The van der Waals surface area contributed by atoms with Crippen molar-refractivity contribution >= 4 is 26.8 Å². The molecule has 2 aromatic carbocycles. The largest absolute Gasteiger partial charge is 0.494 e. The van der Waals surface area contributed by atoms with Gasteiger partial charge in [0.25, 0.3) is 0 Å². The minimum atomic E-state index is -3.91. The van der Waals surface area contributed by atoms with E-state index in [1.807, 2.05) is 6.92 Å². The van der Waals surface area contributed by atoms with Gasteiger partial charge in [0.15, 0.2) is 5.78 Å². The summed E-state index contributed by atoms with van der Waals surface area (Å²) < 4.78 is 35.1. The number of imidazole rings is 1. The molecule has 0 spiro atoms. The standard InChI is InChI=1S/C20H23N3O5S/c1-5-28-15-8-6-14(7-9-15)19(24)13-21(2)29(26,27)16-10-11-17-18(12-16)23(4)20(25)22(17)3/h6-12H,5,13H2,1-4H3. The van der Waals surface area contributed by atoms with Gasteiger partial charge in [0.05, 0.1) is 29.1 Å². The molecule has 0 fully saturated rings. The van der Waals surface area contributed by atoms with Gasteiger partial charge < -0.3 is 4.74 Å². The predicted octanol–water partition coefficient (Wildman–Crippen LogP) is 1.78. The van der Waals surface area contributed by atoms with Gasteiger partial charge in [-0.15, -0.1) is 0 Å². The van der Waals surface area contributed by atoms with E-state index in [2.05, 4.69) is 0 Å². The minimum absolute atomic E-state index is 0.0215. The zero-order valence-electron chi connectivity index (χ0n) is 16.7. The molecule has 9 heteroatoms. The van der Waals surface area contributed by atoms with Crippen LogP contribution in [0.25, 0.3) is 11.0 Å². The van der Waals surface area contributed by atoms with E-state index in [0.29, 0.717) is 29.0 Å². The number of carbonyl (C=O) groups is 1. The number of hydrogen-bond donors (Lipinski definition) is 0. The molecule has 3 rings (SSSR count). The Balaban J connectivity index is 1.85. The average molecular weight is 417 g/mol. The van der Waals surface area contributed by atoms with Crippen LogP contribution in [0.3, 0.4) is 0 Å². The summed E-state index contributed by atoms with van der Waals surface area (Å²) in [6.45, 7) is 2.08. The van der Waals surface area contributed by atoms with Gasteiger partial charge >= 0.3 is 5.69 Å². The fourth-order valence-corrected chi connectivity index (χ4v) is 4.26. The molecule has 8 nitrogen and oxygen atoms in total. The monoisotopic (exact) mass is 417 g/mol. The number of aromatic nitrogens is 2. The van der Waals surface area contributed by atoms with Crippen LogP contribution in [-0.2, 0) is 24.1 Å². The smallest absolute Gasteiger partial charge is 0.328 e. The number of likely N-dealkylation sites (N-methyl/N-ethyl adjacent to an activating group) is 1. The number of aryl methyl sites for hydroxylation is 2. The second-order valence-corrected chi connectivity index (χ2v) is 8.74. The lowest BCUT2D eigenvalue weighted by atomic mass is 10.1. The molecule has 154 valence electrons. The number of hydrogen-bond acceptors (Lipinski definition) is 5. The Hall–Kier alpha value is -2.91. The molecule has 0 bridgehead atoms. The fraction of sp³-hybridized carbons (Fsp3) is 0.300. The summed E-state index contributed by atoms with van der Waals surface area (Å²) in [5.74, 6) is 0.319. The van der Waals surface area contributed by atoms with Crippen molar-refractivity contribution in [3.63, 3.8) is 0 Å². The summed E-state index contributed by atoms with van der Waals surface area (Å²) in [6.07, 6.45) is 0. The number of ketones is 1. The highest BCUT2D eigenvalue weighted by atomic mass is 32.2. The number of ether oxygens (including phenoxy) is 1. The van der Waals surface area contributed by atoms with Gasteiger partial charge in [-0.1, -0.05) is 0 Å². The summed E-state index contributed by atoms with van der Waals surface area (Å²) in [7, 11) is 0.659. The Bertz CT molecular complexity index is 1220. The number of Topliss-reactive ketones (excluding diaryl/α,β-unsaturated/α-hetero) is 1. The van der Waals surface area contributed by atoms with Crippen molar-refractivity contribution in [2.45, 2.75) is 11.8 Å². The van der Waals surface area contributed by atoms with Gasteiger partial charge in [-0.2, -0.15) is 4.31 Å². The Labute approximate surface area is 169 Å². The summed E-state index contributed by atoms with van der Waals surface area (Å²) >= 11 is 0. The molecule has 0 saturated carbocycles. The molecule has 0 atom stereocenters. The van der Waals surface area contributed by atoms with Crippen molar-refractivity contribution in [3.05, 3.63) is 58.5 Å². The Kier molecular flexibility index (Phi) is 5.63. The maximum Gasteiger partial charge on any atom is 0.328 e. The van der Waals surface area contributed by atoms with E-state index in [-0.39, 0.29) is 22.9 Å². The Morgan fingerprint density at radius 1 is 1.03 bits per heavy atom. The summed E-state index contributed by atoms with van der Waals surface area (Å²) in [5.41, 5.74) is 1.29. The topological polar surface area (TPSA) is 90.6 Å². The normalized spacial score (nSPS) is 11.9. The lowest BCUT2D eigenvalue weighted by molar-refractivity contribution is 0.0973. The zero-order valence-corrected chi connectivity index (χ0v) is 17.6. The van der Waals surface area contributed by atoms with E-state index in [1.165, 1.54) is 28.3 Å². The molecule has 0 aliphatic carbocycles. The van der Waals surface area contributed by atoms with Crippen molar-refractivity contribution < 1.29 is 17.9 Å². The number of benzene rings is 2. The number of fused-ring (bicyclic) bond motifs is 1. The molecule has 0 N–H and O–H groups in total. The van der Waals surface area contributed by atoms with E-state index in [1.54, 1.807) is 44.4 Å². The fourth-order valence-electron chi connectivity index (χ4n) is 3.11. The van der Waals surface area contributed by atoms with Gasteiger partial charge in [0.1, 0.15) is 5.75 Å². The average Bonchev–Trinajstić information content (AvgIpc) is 2.92. The number of rotatable bonds is 7. The van der Waals surface area contributed by atoms with Crippen LogP contribution in [0.4, 0.5) is 0 Å². The molecule has 1 aromatic heterocycles. The first-order chi connectivity index (χ1) is 13.7. The van der Waals surface area contributed by atoms with E-state index in [9.17, 15) is 18.0 Å². The van der Waals surface area contributed by atoms with Crippen LogP contribution in [0.1, 0.15) is 17.3 Å². The van der Waals surface area contributed by atoms with Crippen LogP contribution in [0.5, 0.6) is 5.75 Å². The van der Waals surface area contributed by atoms with Gasteiger partial charge in [0.2, 0.25) is 10.0 Å². The highest BCUT2D eigenvalue weighted by Gasteiger charge is 2.24. The van der Waals surface area contributed by atoms with E-state index in [4.69, 9.17) is 4.74 Å². The number of nitrogens with zero attached hydrogens (tertiary/aromatic N) is 3. The van der Waals surface area contributed by atoms with Crippen LogP contribution in [0, 0.1) is 0 Å². The lowest BCUT2D eigenvalue weighted by Gasteiger charge is -2.17. The number of sulfonamides is 1. The van der Waals surface area contributed by atoms with Crippen molar-refractivity contribution in [2.75, 3.05) is 20.2 Å². The molecule has 1 heterocycles. The maximum atomic E-state index is 12.9. The van der Waals surface area contributed by atoms with Crippen LogP contribution >= 0.6 is 0 Å². The molecule has 29 heavy (non-hydrogen) atoms. The molecule has 0 amide bonds. The van der Waals surface area contributed by atoms with Crippen molar-refractivity contribution in [1.29, 1.82) is 0 Å². The van der Waals surface area contributed by atoms with Gasteiger partial charge in [-0.3, -0.25) is 13.9 Å². The third-order valence-corrected chi connectivity index (χ3v) is 6.60. The van der Waals surface area contributed by atoms with Crippen molar-refractivity contribution in [3.8, 4) is 5.75 Å². The van der Waals surface area contributed by atoms with Gasteiger partial charge in [-0.05, 0) is 49.4 Å².